The fraction of sp³-hybridized carbons (Fsp3) is 0.150. The van der Waals surface area contributed by atoms with Crippen LogP contribution in [0.25, 0.3) is 11.3 Å². The normalized spacial score (nSPS) is 18.4. The number of nitrogens with zero attached hydrogens (tertiary/aromatic N) is 2. The van der Waals surface area contributed by atoms with E-state index in [4.69, 9.17) is 23.2 Å². The van der Waals surface area contributed by atoms with Gasteiger partial charge >= 0.3 is 0 Å². The molecule has 2 N–H and O–H groups in total. The van der Waals surface area contributed by atoms with Crippen molar-refractivity contribution in [3.63, 3.8) is 0 Å². The summed E-state index contributed by atoms with van der Waals surface area (Å²) >= 11 is 13.7. The molecule has 0 spiro atoms. The lowest BCUT2D eigenvalue weighted by molar-refractivity contribution is -0.151. The third kappa shape index (κ3) is 4.13. The maximum atomic E-state index is 12.3. The molecule has 4 rings (SSSR count). The summed E-state index contributed by atoms with van der Waals surface area (Å²) in [5.41, 5.74) is 5.34. The lowest BCUT2D eigenvalue weighted by atomic mass is 9.95. The smallest absolute Gasteiger partial charge is 0.257 e. The minimum atomic E-state index is -0.724. The van der Waals surface area contributed by atoms with Crippen LogP contribution in [0.3, 0.4) is 0 Å². The first-order valence-electron chi connectivity index (χ1n) is 8.80. The lowest BCUT2D eigenvalue weighted by Crippen LogP contribution is -2.63. The van der Waals surface area contributed by atoms with E-state index in [1.54, 1.807) is 12.1 Å². The number of halogens is 2. The van der Waals surface area contributed by atoms with Crippen LogP contribution in [0, 0.1) is 0 Å². The highest BCUT2D eigenvalue weighted by Gasteiger charge is 2.48. The zero-order valence-corrected chi connectivity index (χ0v) is 17.3. The van der Waals surface area contributed by atoms with E-state index in [0.29, 0.717) is 10.2 Å². The van der Waals surface area contributed by atoms with Gasteiger partial charge < -0.3 is 5.32 Å². The van der Waals surface area contributed by atoms with Gasteiger partial charge in [-0.15, -0.1) is 22.9 Å². The Morgan fingerprint density at radius 1 is 1.14 bits per heavy atom. The van der Waals surface area contributed by atoms with Crippen LogP contribution in [0.2, 0.25) is 5.02 Å². The second kappa shape index (κ2) is 8.51. The van der Waals surface area contributed by atoms with E-state index in [9.17, 15) is 9.59 Å². The topological polar surface area (TPSA) is 74.3 Å². The van der Waals surface area contributed by atoms with Crippen molar-refractivity contribution in [1.82, 2.24) is 15.4 Å². The molecule has 2 unspecified atom stereocenters. The van der Waals surface area contributed by atoms with Crippen molar-refractivity contribution in [3.05, 3.63) is 70.6 Å². The molecule has 1 aromatic heterocycles. The Morgan fingerprint density at radius 3 is 2.62 bits per heavy atom. The zero-order chi connectivity index (χ0) is 20.4. The van der Waals surface area contributed by atoms with E-state index < -0.39 is 11.4 Å². The molecule has 2 heterocycles. The van der Waals surface area contributed by atoms with Gasteiger partial charge in [0.25, 0.3) is 5.91 Å². The number of carbonyl (C=O) groups excluding carboxylic acids is 2. The summed E-state index contributed by atoms with van der Waals surface area (Å²) in [7, 11) is 0. The second-order valence-corrected chi connectivity index (χ2v) is 8.10. The van der Waals surface area contributed by atoms with E-state index in [2.05, 4.69) is 15.7 Å². The Labute approximate surface area is 181 Å². The number of aromatic nitrogens is 1. The first-order chi connectivity index (χ1) is 14.0. The van der Waals surface area contributed by atoms with Crippen molar-refractivity contribution in [2.75, 3.05) is 11.9 Å². The van der Waals surface area contributed by atoms with Crippen molar-refractivity contribution in [1.29, 1.82) is 0 Å². The summed E-state index contributed by atoms with van der Waals surface area (Å²) in [5.74, 6) is -0.618. The largest absolute Gasteiger partial charge is 0.301 e. The molecule has 0 bridgehead atoms. The Hall–Kier alpha value is -2.45. The minimum Gasteiger partial charge on any atom is -0.301 e. The average molecular weight is 447 g/mol. The van der Waals surface area contributed by atoms with Gasteiger partial charge in [0.2, 0.25) is 5.91 Å². The van der Waals surface area contributed by atoms with Crippen molar-refractivity contribution >= 4 is 51.5 Å². The minimum absolute atomic E-state index is 0.101. The average Bonchev–Trinajstić information content (AvgIpc) is 3.20. The fourth-order valence-corrected chi connectivity index (χ4v) is 4.37. The molecule has 0 saturated carbocycles. The number of amides is 2. The number of carbonyl (C=O) groups is 2. The molecule has 2 atom stereocenters. The number of rotatable bonds is 6. The number of hydrogen-bond acceptors (Lipinski definition) is 5. The number of hydrogen-bond donors (Lipinski definition) is 2. The first kappa shape index (κ1) is 19.8. The van der Waals surface area contributed by atoms with Crippen LogP contribution in [-0.2, 0) is 9.59 Å². The van der Waals surface area contributed by atoms with Gasteiger partial charge in [-0.2, -0.15) is 0 Å². The second-order valence-electron chi connectivity index (χ2n) is 6.36. The summed E-state index contributed by atoms with van der Waals surface area (Å²) in [6, 6.07) is 16.4. The molecule has 1 saturated heterocycles. The molecule has 148 valence electrons. The molecule has 6 nitrogen and oxygen atoms in total. The van der Waals surface area contributed by atoms with Crippen LogP contribution in [-0.4, -0.2) is 33.7 Å². The Kier molecular flexibility index (Phi) is 5.82. The molecule has 1 aliphatic rings. The predicted molar refractivity (Wildman–Crippen MR) is 115 cm³/mol. The first-order valence-corrected chi connectivity index (χ1v) is 10.5. The molecule has 0 aliphatic carbocycles. The van der Waals surface area contributed by atoms with Crippen LogP contribution < -0.4 is 10.7 Å². The molecule has 29 heavy (non-hydrogen) atoms. The van der Waals surface area contributed by atoms with Gasteiger partial charge in [0, 0.05) is 16.0 Å². The van der Waals surface area contributed by atoms with Gasteiger partial charge in [-0.3, -0.25) is 14.6 Å². The number of thiazole rings is 1. The summed E-state index contributed by atoms with van der Waals surface area (Å²) in [6.45, 7) is -0.101. The van der Waals surface area contributed by atoms with Crippen LogP contribution in [0.4, 0.5) is 5.13 Å². The summed E-state index contributed by atoms with van der Waals surface area (Å²) in [5, 5.41) is 6.24. The molecular weight excluding hydrogens is 431 g/mol. The number of nitrogens with one attached hydrogen (secondary N) is 2. The number of anilines is 1. The molecule has 1 aliphatic heterocycles. The summed E-state index contributed by atoms with van der Waals surface area (Å²) in [6.07, 6.45) is 0. The van der Waals surface area contributed by atoms with E-state index in [0.717, 1.165) is 16.8 Å². The van der Waals surface area contributed by atoms with Gasteiger partial charge in [0.05, 0.1) is 12.2 Å². The Morgan fingerprint density at radius 2 is 1.86 bits per heavy atom. The number of benzene rings is 2. The van der Waals surface area contributed by atoms with Gasteiger partial charge in [-0.1, -0.05) is 60.1 Å². The molecule has 2 amide bonds. The van der Waals surface area contributed by atoms with Gasteiger partial charge in [-0.05, 0) is 11.6 Å². The highest BCUT2D eigenvalue weighted by atomic mass is 35.5. The van der Waals surface area contributed by atoms with Crippen molar-refractivity contribution in [2.45, 2.75) is 11.4 Å². The lowest BCUT2D eigenvalue weighted by Gasteiger charge is -2.44. The molecule has 0 radical (unpaired) electrons. The van der Waals surface area contributed by atoms with Gasteiger partial charge in [0.1, 0.15) is 11.4 Å². The van der Waals surface area contributed by atoms with Crippen LogP contribution in [0.15, 0.2) is 60.0 Å². The molecule has 2 aromatic carbocycles. The predicted octanol–water partition coefficient (Wildman–Crippen LogP) is 4.10. The van der Waals surface area contributed by atoms with Gasteiger partial charge in [-0.25, -0.2) is 10.4 Å². The Bertz CT molecular complexity index is 1040. The standard InChI is InChI=1S/C20H16Cl2N4O2S/c21-14-9-5-4-8-13(14)18-17(22)19(28)26(18)23-10-16(27)25-20-24-15(11-29-20)12-6-2-1-3-7-12/h1-9,11,17-18,23H,10H2,(H,24,25,27). The highest BCUT2D eigenvalue weighted by Crippen LogP contribution is 2.39. The van der Waals surface area contributed by atoms with Crippen LogP contribution in [0.5, 0.6) is 0 Å². The van der Waals surface area contributed by atoms with Gasteiger partial charge in [0.15, 0.2) is 5.13 Å². The molecular formula is C20H16Cl2N4O2S. The number of alkyl halides is 1. The quantitative estimate of drug-likeness (QED) is 0.441. The monoisotopic (exact) mass is 446 g/mol. The maximum Gasteiger partial charge on any atom is 0.257 e. The third-order valence-electron chi connectivity index (χ3n) is 4.48. The van der Waals surface area contributed by atoms with E-state index >= 15 is 0 Å². The zero-order valence-electron chi connectivity index (χ0n) is 15.0. The van der Waals surface area contributed by atoms with Crippen LogP contribution >= 0.6 is 34.5 Å². The van der Waals surface area contributed by atoms with E-state index in [-0.39, 0.29) is 18.4 Å². The SMILES string of the molecule is O=C(CNN1C(=O)C(Cl)C1c1ccccc1Cl)Nc1nc(-c2ccccc2)cs1. The number of β-lactam (4-membered cyclic amide) rings is 1. The Balaban J connectivity index is 1.36. The van der Waals surface area contributed by atoms with Crippen molar-refractivity contribution in [2.24, 2.45) is 0 Å². The summed E-state index contributed by atoms with van der Waals surface area (Å²) in [4.78, 5) is 28.9. The molecule has 3 aromatic rings. The highest BCUT2D eigenvalue weighted by molar-refractivity contribution is 7.14. The van der Waals surface area contributed by atoms with Crippen LogP contribution in [0.1, 0.15) is 11.6 Å². The molecule has 9 heteroatoms. The summed E-state index contributed by atoms with van der Waals surface area (Å²) < 4.78 is 0. The fourth-order valence-electron chi connectivity index (χ4n) is 3.03. The van der Waals surface area contributed by atoms with Crippen molar-refractivity contribution in [3.8, 4) is 11.3 Å². The van der Waals surface area contributed by atoms with E-state index in [1.165, 1.54) is 16.3 Å². The maximum absolute atomic E-state index is 12.3. The molecule has 1 fully saturated rings. The number of hydrazine groups is 1. The van der Waals surface area contributed by atoms with E-state index in [1.807, 2.05) is 47.8 Å². The third-order valence-corrected chi connectivity index (χ3v) is 6.01. The van der Waals surface area contributed by atoms with Crippen molar-refractivity contribution < 1.29 is 9.59 Å².